The summed E-state index contributed by atoms with van der Waals surface area (Å²) in [6.07, 6.45) is 0.321. The molecule has 0 aliphatic carbocycles. The molecule has 2 atom stereocenters. The smallest absolute Gasteiger partial charge is 0.257 e. The molecule has 6 nitrogen and oxygen atoms in total. The molecule has 0 saturated heterocycles. The summed E-state index contributed by atoms with van der Waals surface area (Å²) >= 11 is 0. The molecule has 2 aliphatic heterocycles. The van der Waals surface area contributed by atoms with E-state index in [0.717, 1.165) is 29.9 Å². The Morgan fingerprint density at radius 2 is 2.11 bits per heavy atom. The summed E-state index contributed by atoms with van der Waals surface area (Å²) in [4.78, 5) is 13.5. The largest absolute Gasteiger partial charge is 0.440 e. The lowest BCUT2D eigenvalue weighted by Gasteiger charge is -2.33. The van der Waals surface area contributed by atoms with Crippen molar-refractivity contribution < 1.29 is 13.9 Å². The van der Waals surface area contributed by atoms with Gasteiger partial charge in [-0.2, -0.15) is 4.39 Å². The number of benzene rings is 1. The van der Waals surface area contributed by atoms with Crippen LogP contribution in [0.1, 0.15) is 42.6 Å². The Labute approximate surface area is 164 Å². The molecule has 0 spiro atoms. The van der Waals surface area contributed by atoms with Crippen molar-refractivity contribution in [3.63, 3.8) is 0 Å². The van der Waals surface area contributed by atoms with Crippen molar-refractivity contribution in [3.8, 4) is 11.6 Å². The first-order chi connectivity index (χ1) is 13.5. The van der Waals surface area contributed by atoms with Gasteiger partial charge in [0.1, 0.15) is 0 Å². The molecule has 2 aromatic rings. The Morgan fingerprint density at radius 3 is 2.79 bits per heavy atom. The molecule has 28 heavy (non-hydrogen) atoms. The number of hydrogen-bond donors (Lipinski definition) is 1. The predicted octanol–water partition coefficient (Wildman–Crippen LogP) is 2.89. The molecule has 1 aromatic heterocycles. The summed E-state index contributed by atoms with van der Waals surface area (Å²) in [5, 5.41) is 8.00. The van der Waals surface area contributed by atoms with Crippen LogP contribution in [0.5, 0.6) is 5.88 Å². The number of amides is 1. The molecule has 4 rings (SSSR count). The number of nitrogens with one attached hydrogen (secondary N) is 1. The van der Waals surface area contributed by atoms with Crippen LogP contribution >= 0.6 is 0 Å². The lowest BCUT2D eigenvalue weighted by Crippen LogP contribution is -2.46. The van der Waals surface area contributed by atoms with Crippen LogP contribution in [0.4, 0.5) is 4.39 Å². The van der Waals surface area contributed by atoms with Crippen molar-refractivity contribution in [2.24, 2.45) is 0 Å². The molecule has 3 heterocycles. The minimum Gasteiger partial charge on any atom is -0.440 e. The second kappa shape index (κ2) is 7.39. The predicted molar refractivity (Wildman–Crippen MR) is 104 cm³/mol. The second-order valence-corrected chi connectivity index (χ2v) is 7.56. The lowest BCUT2D eigenvalue weighted by molar-refractivity contribution is -0.129. The zero-order valence-electron chi connectivity index (χ0n) is 16.2. The van der Waals surface area contributed by atoms with E-state index in [1.807, 2.05) is 16.8 Å². The number of carbonyl (C=O) groups is 1. The Bertz CT molecular complexity index is 891. The van der Waals surface area contributed by atoms with Gasteiger partial charge in [0, 0.05) is 19.5 Å². The third-order valence-corrected chi connectivity index (χ3v) is 5.39. The number of carbonyl (C=O) groups excluding carboxylic acids is 1. The number of aromatic nitrogens is 2. The highest BCUT2D eigenvalue weighted by molar-refractivity contribution is 5.87. The molecule has 148 valence electrons. The van der Waals surface area contributed by atoms with Crippen molar-refractivity contribution >= 4 is 5.91 Å². The minimum absolute atomic E-state index is 0.145. The quantitative estimate of drug-likeness (QED) is 0.827. The summed E-state index contributed by atoms with van der Waals surface area (Å²) < 4.78 is 21.8. The third kappa shape index (κ3) is 3.30. The van der Waals surface area contributed by atoms with Crippen LogP contribution in [-0.2, 0) is 11.2 Å². The van der Waals surface area contributed by atoms with E-state index in [-0.39, 0.29) is 18.5 Å². The van der Waals surface area contributed by atoms with E-state index >= 15 is 0 Å². The van der Waals surface area contributed by atoms with Crippen LogP contribution in [0.15, 0.2) is 36.9 Å². The van der Waals surface area contributed by atoms with E-state index < -0.39 is 6.36 Å². The van der Waals surface area contributed by atoms with Crippen molar-refractivity contribution in [1.29, 1.82) is 0 Å². The van der Waals surface area contributed by atoms with E-state index in [2.05, 4.69) is 43.0 Å². The van der Waals surface area contributed by atoms with Gasteiger partial charge < -0.3 is 15.0 Å². The number of nitrogens with zero attached hydrogens (tertiary/aromatic N) is 3. The Morgan fingerprint density at radius 1 is 1.36 bits per heavy atom. The van der Waals surface area contributed by atoms with Gasteiger partial charge >= 0.3 is 0 Å². The average molecular weight is 384 g/mol. The molecule has 1 aromatic carbocycles. The highest BCUT2D eigenvalue weighted by Gasteiger charge is 2.35. The summed E-state index contributed by atoms with van der Waals surface area (Å²) in [7, 11) is 0. The van der Waals surface area contributed by atoms with Crippen LogP contribution in [0.3, 0.4) is 0 Å². The Kier molecular flexibility index (Phi) is 4.93. The first-order valence-corrected chi connectivity index (χ1v) is 9.65. The zero-order chi connectivity index (χ0) is 19.8. The molecule has 0 radical (unpaired) electrons. The molecular weight excluding hydrogens is 359 g/mol. The number of alkyl halides is 1. The highest BCUT2D eigenvalue weighted by atomic mass is 19.1. The Hall–Kier alpha value is -2.67. The van der Waals surface area contributed by atoms with Crippen molar-refractivity contribution in [3.05, 3.63) is 53.7 Å². The maximum absolute atomic E-state index is 14.5. The van der Waals surface area contributed by atoms with E-state index in [1.165, 1.54) is 16.5 Å². The van der Waals surface area contributed by atoms with Gasteiger partial charge in [0.2, 0.25) is 11.8 Å². The summed E-state index contributed by atoms with van der Waals surface area (Å²) in [6, 6.07) is 8.09. The highest BCUT2D eigenvalue weighted by Crippen LogP contribution is 2.36. The number of hydrogen-bond acceptors (Lipinski definition) is 4. The molecule has 7 heteroatoms. The van der Waals surface area contributed by atoms with Crippen LogP contribution in [0, 0.1) is 0 Å². The summed E-state index contributed by atoms with van der Waals surface area (Å²) in [6.45, 7) is 8.78. The fourth-order valence-corrected chi connectivity index (χ4v) is 3.89. The Balaban J connectivity index is 1.75. The van der Waals surface area contributed by atoms with Gasteiger partial charge in [-0.15, -0.1) is 5.10 Å². The zero-order valence-corrected chi connectivity index (χ0v) is 16.2. The molecule has 2 unspecified atom stereocenters. The van der Waals surface area contributed by atoms with E-state index in [1.54, 1.807) is 0 Å². The van der Waals surface area contributed by atoms with Gasteiger partial charge in [0.25, 0.3) is 6.36 Å². The molecule has 0 fully saturated rings. The van der Waals surface area contributed by atoms with E-state index in [4.69, 9.17) is 4.74 Å². The molecule has 2 aliphatic rings. The molecular formula is C21H25FN4O2. The fraction of sp³-hybridized carbons (Fsp3) is 0.429. The van der Waals surface area contributed by atoms with Gasteiger partial charge in [-0.05, 0) is 29.7 Å². The van der Waals surface area contributed by atoms with Crippen molar-refractivity contribution in [2.75, 3.05) is 19.6 Å². The summed E-state index contributed by atoms with van der Waals surface area (Å²) in [5.74, 6) is 0.446. The molecule has 0 bridgehead atoms. The van der Waals surface area contributed by atoms with Gasteiger partial charge in [0.05, 0.1) is 29.5 Å². The fourth-order valence-electron chi connectivity index (χ4n) is 3.89. The first-order valence-electron chi connectivity index (χ1n) is 9.65. The molecule has 1 N–H and O–H groups in total. The molecule has 1 amide bonds. The van der Waals surface area contributed by atoms with E-state index in [0.29, 0.717) is 18.3 Å². The number of halogens is 1. The van der Waals surface area contributed by atoms with Gasteiger partial charge in [-0.1, -0.05) is 32.6 Å². The normalized spacial score (nSPS) is 21.5. The second-order valence-electron chi connectivity index (χ2n) is 7.56. The van der Waals surface area contributed by atoms with Gasteiger partial charge in [0.15, 0.2) is 0 Å². The lowest BCUT2D eigenvalue weighted by atomic mass is 9.99. The van der Waals surface area contributed by atoms with Gasteiger partial charge in [-0.25, -0.2) is 4.68 Å². The van der Waals surface area contributed by atoms with Crippen LogP contribution < -0.4 is 10.1 Å². The van der Waals surface area contributed by atoms with Crippen LogP contribution in [0.2, 0.25) is 0 Å². The number of rotatable bonds is 3. The van der Waals surface area contributed by atoms with Gasteiger partial charge in [-0.3, -0.25) is 4.79 Å². The maximum Gasteiger partial charge on any atom is 0.257 e. The van der Waals surface area contributed by atoms with Crippen molar-refractivity contribution in [1.82, 2.24) is 20.0 Å². The van der Waals surface area contributed by atoms with E-state index in [9.17, 15) is 9.18 Å². The summed E-state index contributed by atoms with van der Waals surface area (Å²) in [5.41, 5.74) is 4.01. The molecule has 0 saturated carbocycles. The maximum atomic E-state index is 14.5. The third-order valence-electron chi connectivity index (χ3n) is 5.39. The topological polar surface area (TPSA) is 59.4 Å². The van der Waals surface area contributed by atoms with Crippen LogP contribution in [-0.4, -0.2) is 46.6 Å². The number of ether oxygens (including phenoxy) is 1. The van der Waals surface area contributed by atoms with Crippen LogP contribution in [0.25, 0.3) is 5.69 Å². The van der Waals surface area contributed by atoms with Crippen molar-refractivity contribution in [2.45, 2.75) is 38.6 Å². The standard InChI is InChI=1S/C21H25FN4O2/c1-4-19(27)25-11-16-20-17(9-10-23-16)26(24-21(20)28-18(22)12-25)15-7-5-14(6-8-15)13(2)3/h4-8,13,16,18,23H,1,9-12H2,2-3H3. The average Bonchev–Trinajstić information content (AvgIpc) is 3.04. The monoisotopic (exact) mass is 384 g/mol. The minimum atomic E-state index is -1.64. The first kappa shape index (κ1) is 18.7. The SMILES string of the molecule is C=CC(=O)N1CC(F)Oc2nn(-c3ccc(C(C)C)cc3)c3c2C(C1)NCC3.